The smallest absolute Gasteiger partial charge is 0.313 e. The first-order valence-electron chi connectivity index (χ1n) is 5.21. The first kappa shape index (κ1) is 14.2. The zero-order valence-corrected chi connectivity index (χ0v) is 12.1. The lowest BCUT2D eigenvalue weighted by Crippen LogP contribution is -2.03. The molecule has 0 amide bonds. The average molecular weight is 318 g/mol. The molecule has 0 aliphatic heterocycles. The maximum Gasteiger partial charge on any atom is 0.313 e. The topological polar surface area (TPSA) is 68.0 Å². The Kier molecular flexibility index (Phi) is 4.34. The predicted molar refractivity (Wildman–Crippen MR) is 74.5 cm³/mol. The highest BCUT2D eigenvalue weighted by Crippen LogP contribution is 2.29. The molecule has 0 saturated heterocycles. The van der Waals surface area contributed by atoms with Crippen molar-refractivity contribution in [3.05, 3.63) is 34.1 Å². The molecule has 0 bridgehead atoms. The van der Waals surface area contributed by atoms with Crippen LogP contribution in [-0.2, 0) is 4.79 Å². The Balaban J connectivity index is 2.46. The van der Waals surface area contributed by atoms with Crippen LogP contribution in [-0.4, -0.2) is 31.6 Å². The number of nitrogens with zero attached hydrogens (tertiary/aromatic N) is 3. The summed E-state index contributed by atoms with van der Waals surface area (Å²) in [6, 6.07) is 5.03. The summed E-state index contributed by atoms with van der Waals surface area (Å²) in [6.07, 6.45) is 0. The summed E-state index contributed by atoms with van der Waals surface area (Å²) < 4.78 is 1.68. The minimum absolute atomic E-state index is 0.101. The van der Waals surface area contributed by atoms with E-state index in [1.165, 1.54) is 0 Å². The maximum absolute atomic E-state index is 10.6. The molecule has 0 atom stereocenters. The van der Waals surface area contributed by atoms with Gasteiger partial charge in [-0.2, -0.15) is 0 Å². The highest BCUT2D eigenvalue weighted by Gasteiger charge is 2.15. The van der Waals surface area contributed by atoms with E-state index in [1.54, 1.807) is 29.7 Å². The number of aliphatic carboxylic acids is 1. The molecule has 5 nitrogen and oxygen atoms in total. The van der Waals surface area contributed by atoms with Crippen molar-refractivity contribution in [3.63, 3.8) is 0 Å². The van der Waals surface area contributed by atoms with Crippen molar-refractivity contribution in [1.82, 2.24) is 14.8 Å². The molecule has 0 unspecified atom stereocenters. The van der Waals surface area contributed by atoms with E-state index in [9.17, 15) is 4.79 Å². The number of carbonyl (C=O) groups is 1. The van der Waals surface area contributed by atoms with Gasteiger partial charge >= 0.3 is 5.97 Å². The quantitative estimate of drug-likeness (QED) is 0.878. The molecule has 0 spiro atoms. The zero-order valence-electron chi connectivity index (χ0n) is 9.80. The molecule has 8 heteroatoms. The molecule has 0 radical (unpaired) electrons. The van der Waals surface area contributed by atoms with E-state index < -0.39 is 5.97 Å². The molecule has 1 aromatic carbocycles. The maximum atomic E-state index is 10.6. The highest BCUT2D eigenvalue weighted by atomic mass is 35.5. The van der Waals surface area contributed by atoms with E-state index in [-0.39, 0.29) is 5.75 Å². The van der Waals surface area contributed by atoms with Gasteiger partial charge in [-0.1, -0.05) is 35.0 Å². The summed E-state index contributed by atoms with van der Waals surface area (Å²) in [7, 11) is 0. The van der Waals surface area contributed by atoms with Crippen LogP contribution in [0.15, 0.2) is 23.4 Å². The molecular formula is C11H9Cl2N3O2S. The van der Waals surface area contributed by atoms with Crippen LogP contribution >= 0.6 is 35.0 Å². The third kappa shape index (κ3) is 3.20. The summed E-state index contributed by atoms with van der Waals surface area (Å²) in [6.45, 7) is 1.76. The molecule has 0 aliphatic carbocycles. The SMILES string of the molecule is Cc1nnc(SCC(=O)O)n1-c1cc(Cl)ccc1Cl. The Morgan fingerprint density at radius 3 is 2.84 bits per heavy atom. The van der Waals surface area contributed by atoms with Crippen molar-refractivity contribution in [2.75, 3.05) is 5.75 Å². The molecule has 1 N–H and O–H groups in total. The van der Waals surface area contributed by atoms with Gasteiger partial charge in [0.2, 0.25) is 0 Å². The molecule has 2 aromatic rings. The molecule has 1 aromatic heterocycles. The number of thioether (sulfide) groups is 1. The molecule has 2 rings (SSSR count). The first-order chi connectivity index (χ1) is 8.99. The number of carboxylic acids is 1. The molecular weight excluding hydrogens is 309 g/mol. The molecule has 1 heterocycles. The fraction of sp³-hybridized carbons (Fsp3) is 0.182. The Morgan fingerprint density at radius 1 is 1.42 bits per heavy atom. The summed E-state index contributed by atoms with van der Waals surface area (Å²) in [5.41, 5.74) is 0.629. The van der Waals surface area contributed by atoms with Crippen LogP contribution in [0, 0.1) is 6.92 Å². The van der Waals surface area contributed by atoms with E-state index in [0.717, 1.165) is 11.8 Å². The Labute approximate surface area is 123 Å². The van der Waals surface area contributed by atoms with Gasteiger partial charge in [-0.3, -0.25) is 9.36 Å². The van der Waals surface area contributed by atoms with Crippen molar-refractivity contribution < 1.29 is 9.90 Å². The molecule has 0 saturated carbocycles. The fourth-order valence-electron chi connectivity index (χ4n) is 1.50. The van der Waals surface area contributed by atoms with Crippen LogP contribution in [0.25, 0.3) is 5.69 Å². The van der Waals surface area contributed by atoms with Crippen LogP contribution in [0.2, 0.25) is 10.0 Å². The van der Waals surface area contributed by atoms with Gasteiger partial charge < -0.3 is 5.11 Å². The van der Waals surface area contributed by atoms with Crippen LogP contribution in [0.5, 0.6) is 0 Å². The van der Waals surface area contributed by atoms with Gasteiger partial charge in [-0.05, 0) is 25.1 Å². The summed E-state index contributed by atoms with van der Waals surface area (Å²) in [4.78, 5) is 10.6. The summed E-state index contributed by atoms with van der Waals surface area (Å²) in [5, 5.41) is 18.1. The van der Waals surface area contributed by atoms with E-state index in [4.69, 9.17) is 28.3 Å². The number of rotatable bonds is 4. The van der Waals surface area contributed by atoms with Crippen LogP contribution in [0.4, 0.5) is 0 Å². The lowest BCUT2D eigenvalue weighted by atomic mass is 10.3. The predicted octanol–water partition coefficient (Wildman–Crippen LogP) is 3.06. The Morgan fingerprint density at radius 2 is 2.16 bits per heavy atom. The van der Waals surface area contributed by atoms with E-state index in [0.29, 0.717) is 26.7 Å². The molecule has 0 aliphatic rings. The van der Waals surface area contributed by atoms with E-state index >= 15 is 0 Å². The van der Waals surface area contributed by atoms with Gasteiger partial charge in [-0.15, -0.1) is 10.2 Å². The third-order valence-corrected chi connectivity index (χ3v) is 3.74. The van der Waals surface area contributed by atoms with Crippen LogP contribution in [0.3, 0.4) is 0 Å². The second kappa shape index (κ2) is 5.81. The largest absolute Gasteiger partial charge is 0.481 e. The van der Waals surface area contributed by atoms with Crippen LogP contribution < -0.4 is 0 Å². The van der Waals surface area contributed by atoms with Gasteiger partial charge in [0, 0.05) is 5.02 Å². The Hall–Kier alpha value is -1.24. The normalized spacial score (nSPS) is 10.7. The van der Waals surface area contributed by atoms with Gasteiger partial charge in [-0.25, -0.2) is 0 Å². The van der Waals surface area contributed by atoms with Gasteiger partial charge in [0.15, 0.2) is 5.16 Å². The second-order valence-corrected chi connectivity index (χ2v) is 5.43. The summed E-state index contributed by atoms with van der Waals surface area (Å²) in [5.74, 6) is -0.414. The standard InChI is InChI=1S/C11H9Cl2N3O2S/c1-6-14-15-11(19-5-10(17)18)16(6)9-4-7(12)2-3-8(9)13/h2-4H,5H2,1H3,(H,17,18). The van der Waals surface area contributed by atoms with Crippen molar-refractivity contribution in [1.29, 1.82) is 0 Å². The highest BCUT2D eigenvalue weighted by molar-refractivity contribution is 7.99. The number of carboxylic acid groups (broad SMARTS) is 1. The van der Waals surface area contributed by atoms with E-state index in [2.05, 4.69) is 10.2 Å². The number of benzene rings is 1. The number of aryl methyl sites for hydroxylation is 1. The lowest BCUT2D eigenvalue weighted by Gasteiger charge is -2.10. The second-order valence-electron chi connectivity index (χ2n) is 3.64. The fourth-order valence-corrected chi connectivity index (χ4v) is 2.58. The summed E-state index contributed by atoms with van der Waals surface area (Å²) >= 11 is 13.2. The van der Waals surface area contributed by atoms with Crippen molar-refractivity contribution in [2.24, 2.45) is 0 Å². The number of halogens is 2. The molecule has 100 valence electrons. The number of hydrogen-bond donors (Lipinski definition) is 1. The van der Waals surface area contributed by atoms with Crippen LogP contribution in [0.1, 0.15) is 5.82 Å². The monoisotopic (exact) mass is 317 g/mol. The molecule has 0 fully saturated rings. The molecule has 19 heavy (non-hydrogen) atoms. The van der Waals surface area contributed by atoms with Gasteiger partial charge in [0.25, 0.3) is 0 Å². The lowest BCUT2D eigenvalue weighted by molar-refractivity contribution is -0.133. The minimum atomic E-state index is -0.922. The van der Waals surface area contributed by atoms with Gasteiger partial charge in [0.05, 0.1) is 16.5 Å². The first-order valence-corrected chi connectivity index (χ1v) is 6.95. The zero-order chi connectivity index (χ0) is 14.0. The van der Waals surface area contributed by atoms with Crippen molar-refractivity contribution in [3.8, 4) is 5.69 Å². The van der Waals surface area contributed by atoms with Gasteiger partial charge in [0.1, 0.15) is 5.82 Å². The average Bonchev–Trinajstić information content (AvgIpc) is 2.71. The third-order valence-electron chi connectivity index (χ3n) is 2.27. The van der Waals surface area contributed by atoms with E-state index in [1.807, 2.05) is 0 Å². The Bertz CT molecular complexity index is 630. The number of aromatic nitrogens is 3. The number of hydrogen-bond acceptors (Lipinski definition) is 4. The van der Waals surface area contributed by atoms with Crippen molar-refractivity contribution in [2.45, 2.75) is 12.1 Å². The van der Waals surface area contributed by atoms with Crippen molar-refractivity contribution >= 4 is 40.9 Å². The minimum Gasteiger partial charge on any atom is -0.481 e.